The van der Waals surface area contributed by atoms with Crippen molar-refractivity contribution in [2.24, 2.45) is 21.6 Å². The molecule has 1 fully saturated rings. The zero-order valence-corrected chi connectivity index (χ0v) is 15.8. The van der Waals surface area contributed by atoms with Gasteiger partial charge >= 0.3 is 0 Å². The van der Waals surface area contributed by atoms with Gasteiger partial charge in [-0.2, -0.15) is 10.5 Å². The van der Waals surface area contributed by atoms with Gasteiger partial charge in [0.05, 0.1) is 26.4 Å². The molecule has 1 aliphatic heterocycles. The number of aliphatic imine (C=N–C) groups is 1. The molecule has 0 amide bonds. The van der Waals surface area contributed by atoms with Crippen LogP contribution in [0.4, 0.5) is 0 Å². The van der Waals surface area contributed by atoms with Crippen LogP contribution in [0.15, 0.2) is 23.2 Å². The molecule has 1 saturated carbocycles. The summed E-state index contributed by atoms with van der Waals surface area (Å²) in [4.78, 5) is 4.32. The first-order valence-electron chi connectivity index (χ1n) is 8.66. The smallest absolute Gasteiger partial charge is 0.293 e. The van der Waals surface area contributed by atoms with E-state index in [1.165, 1.54) is 14.2 Å². The summed E-state index contributed by atoms with van der Waals surface area (Å²) in [5.74, 6) is -1.10. The molecule has 0 radical (unpaired) electrons. The van der Waals surface area contributed by atoms with Crippen LogP contribution < -0.4 is 15.2 Å². The van der Waals surface area contributed by atoms with Gasteiger partial charge in [-0.15, -0.1) is 0 Å². The third kappa shape index (κ3) is 2.05. The molecule has 8 heteroatoms. The lowest BCUT2D eigenvalue weighted by Gasteiger charge is -2.31. The molecule has 142 valence electrons. The van der Waals surface area contributed by atoms with E-state index in [9.17, 15) is 10.5 Å². The molecule has 0 unspecified atom stereocenters. The highest BCUT2D eigenvalue weighted by molar-refractivity contribution is 6.00. The second-order valence-corrected chi connectivity index (χ2v) is 6.33. The maximum absolute atomic E-state index is 10.2. The summed E-state index contributed by atoms with van der Waals surface area (Å²) in [6.45, 7) is 4.05. The molecular weight excluding hydrogens is 348 g/mol. The number of hydrogen-bond donors (Lipinski definition) is 1. The fourth-order valence-corrected chi connectivity index (χ4v) is 4.28. The molecule has 2 aliphatic rings. The maximum Gasteiger partial charge on any atom is 0.293 e. The Hall–Kier alpha value is -2.81. The SMILES string of the molecule is CCOC1(OCC)N=C(N)[C@@]2(C#N)[C@H](c3ccc(OC)c(OC)c3)[C@]12C#N. The second-order valence-electron chi connectivity index (χ2n) is 6.33. The van der Waals surface area contributed by atoms with Crippen LogP contribution in [0, 0.1) is 33.5 Å². The van der Waals surface area contributed by atoms with Crippen molar-refractivity contribution in [3.63, 3.8) is 0 Å². The largest absolute Gasteiger partial charge is 0.493 e. The van der Waals surface area contributed by atoms with Crippen LogP contribution in [-0.4, -0.2) is 39.2 Å². The van der Waals surface area contributed by atoms with Crippen molar-refractivity contribution in [1.82, 2.24) is 0 Å². The van der Waals surface area contributed by atoms with Gasteiger partial charge in [0, 0.05) is 19.1 Å². The lowest BCUT2D eigenvalue weighted by Crippen LogP contribution is -2.43. The number of methoxy groups -OCH3 is 2. The van der Waals surface area contributed by atoms with E-state index < -0.39 is 22.7 Å². The zero-order valence-electron chi connectivity index (χ0n) is 15.8. The quantitative estimate of drug-likeness (QED) is 0.727. The number of hydrogen-bond acceptors (Lipinski definition) is 8. The summed E-state index contributed by atoms with van der Waals surface area (Å²) >= 11 is 0. The summed E-state index contributed by atoms with van der Waals surface area (Å²) in [5.41, 5.74) is 4.17. The van der Waals surface area contributed by atoms with Crippen LogP contribution in [-0.2, 0) is 9.47 Å². The third-order valence-electron chi connectivity index (χ3n) is 5.35. The summed E-state index contributed by atoms with van der Waals surface area (Å²) in [7, 11) is 3.06. The highest BCUT2D eigenvalue weighted by atomic mass is 16.7. The van der Waals surface area contributed by atoms with Gasteiger partial charge in [-0.25, -0.2) is 4.99 Å². The molecule has 1 aromatic rings. The Bertz CT molecular complexity index is 865. The van der Waals surface area contributed by atoms with Crippen molar-refractivity contribution in [3.05, 3.63) is 23.8 Å². The van der Waals surface area contributed by atoms with E-state index in [0.29, 0.717) is 17.1 Å². The molecule has 0 spiro atoms. The van der Waals surface area contributed by atoms with E-state index in [2.05, 4.69) is 17.1 Å². The van der Waals surface area contributed by atoms with E-state index in [4.69, 9.17) is 24.7 Å². The normalized spacial score (nSPS) is 29.9. The Labute approximate surface area is 158 Å². The molecule has 0 saturated heterocycles. The first-order valence-corrected chi connectivity index (χ1v) is 8.66. The maximum atomic E-state index is 10.2. The highest BCUT2D eigenvalue weighted by Crippen LogP contribution is 2.82. The number of amidine groups is 1. The molecular formula is C19H22N4O4. The Morgan fingerprint density at radius 2 is 1.70 bits per heavy atom. The number of benzene rings is 1. The van der Waals surface area contributed by atoms with Crippen LogP contribution >= 0.6 is 0 Å². The molecule has 8 nitrogen and oxygen atoms in total. The van der Waals surface area contributed by atoms with Crippen LogP contribution in [0.2, 0.25) is 0 Å². The number of nitrogens with zero attached hydrogens (tertiary/aromatic N) is 3. The number of nitrogens with two attached hydrogens (primary N) is 1. The van der Waals surface area contributed by atoms with Crippen molar-refractivity contribution in [2.75, 3.05) is 27.4 Å². The molecule has 27 heavy (non-hydrogen) atoms. The number of nitriles is 2. The number of rotatable bonds is 7. The first-order chi connectivity index (χ1) is 13.0. The van der Waals surface area contributed by atoms with Gasteiger partial charge in [0.2, 0.25) is 0 Å². The lowest BCUT2D eigenvalue weighted by atomic mass is 9.93. The Balaban J connectivity index is 2.21. The van der Waals surface area contributed by atoms with E-state index >= 15 is 0 Å². The average molecular weight is 370 g/mol. The minimum atomic E-state index is -1.62. The van der Waals surface area contributed by atoms with Crippen molar-refractivity contribution in [1.29, 1.82) is 10.5 Å². The first kappa shape index (κ1) is 19.0. The van der Waals surface area contributed by atoms with E-state index in [1.54, 1.807) is 32.0 Å². The minimum Gasteiger partial charge on any atom is -0.493 e. The van der Waals surface area contributed by atoms with Gasteiger partial charge in [0.15, 0.2) is 16.9 Å². The second kappa shape index (κ2) is 6.41. The van der Waals surface area contributed by atoms with Gasteiger partial charge in [0.25, 0.3) is 5.91 Å². The summed E-state index contributed by atoms with van der Waals surface area (Å²) in [5, 5.41) is 20.2. The molecule has 1 heterocycles. The number of ether oxygens (including phenoxy) is 4. The van der Waals surface area contributed by atoms with Crippen molar-refractivity contribution >= 4 is 5.84 Å². The van der Waals surface area contributed by atoms with Crippen molar-refractivity contribution < 1.29 is 18.9 Å². The fraction of sp³-hybridized carbons (Fsp3) is 0.526. The minimum absolute atomic E-state index is 0.0493. The predicted octanol–water partition coefficient (Wildman–Crippen LogP) is 1.92. The monoisotopic (exact) mass is 370 g/mol. The van der Waals surface area contributed by atoms with Gasteiger partial charge in [0.1, 0.15) is 11.3 Å². The summed E-state index contributed by atoms with van der Waals surface area (Å²) in [6, 6.07) is 9.77. The topological polar surface area (TPSA) is 123 Å². The molecule has 3 atom stereocenters. The van der Waals surface area contributed by atoms with Gasteiger partial charge in [-0.05, 0) is 31.5 Å². The average Bonchev–Trinajstić information content (AvgIpc) is 3.26. The Morgan fingerprint density at radius 1 is 1.07 bits per heavy atom. The Kier molecular flexibility index (Phi) is 4.51. The van der Waals surface area contributed by atoms with Crippen LogP contribution in [0.1, 0.15) is 25.3 Å². The highest BCUT2D eigenvalue weighted by Gasteiger charge is 2.93. The zero-order chi connectivity index (χ0) is 19.9. The summed E-state index contributed by atoms with van der Waals surface area (Å²) in [6.07, 6.45) is 0. The fourth-order valence-electron chi connectivity index (χ4n) is 4.28. The van der Waals surface area contributed by atoms with Gasteiger partial charge in [-0.1, -0.05) is 6.07 Å². The van der Waals surface area contributed by atoms with Gasteiger partial charge in [-0.3, -0.25) is 0 Å². The summed E-state index contributed by atoms with van der Waals surface area (Å²) < 4.78 is 22.3. The van der Waals surface area contributed by atoms with Crippen molar-refractivity contribution in [2.45, 2.75) is 25.7 Å². The molecule has 2 N–H and O–H groups in total. The van der Waals surface area contributed by atoms with Crippen LogP contribution in [0.5, 0.6) is 11.5 Å². The molecule has 0 bridgehead atoms. The third-order valence-corrected chi connectivity index (χ3v) is 5.35. The van der Waals surface area contributed by atoms with E-state index in [-0.39, 0.29) is 19.0 Å². The molecule has 1 aliphatic carbocycles. The van der Waals surface area contributed by atoms with Gasteiger partial charge < -0.3 is 24.7 Å². The van der Waals surface area contributed by atoms with E-state index in [1.807, 2.05) is 0 Å². The lowest BCUT2D eigenvalue weighted by molar-refractivity contribution is -0.255. The van der Waals surface area contributed by atoms with Crippen LogP contribution in [0.3, 0.4) is 0 Å². The number of fused-ring (bicyclic) bond motifs is 1. The molecule has 0 aromatic heterocycles. The van der Waals surface area contributed by atoms with E-state index in [0.717, 1.165) is 0 Å². The molecule has 1 aromatic carbocycles. The van der Waals surface area contributed by atoms with Crippen LogP contribution in [0.25, 0.3) is 0 Å². The standard InChI is InChI=1S/C19H22N4O4/c1-5-26-19(27-6-2)18(11-21)15(17(18,10-20)16(22)23-19)12-7-8-13(24-3)14(9-12)25-4/h7-9,15H,5-6H2,1-4H3,(H2,22,23)/t15-,17+,18-/m0/s1. The Morgan fingerprint density at radius 3 is 2.19 bits per heavy atom. The van der Waals surface area contributed by atoms with Crippen molar-refractivity contribution in [3.8, 4) is 23.6 Å². The molecule has 3 rings (SSSR count). The predicted molar refractivity (Wildman–Crippen MR) is 96.0 cm³/mol.